The number of allylic oxidation sites excluding steroid dienone is 11. The molecule has 3 fully saturated rings. The number of nitrogens with one attached hydrogen (secondary N) is 1. The lowest BCUT2D eigenvalue weighted by molar-refractivity contribution is -0.106. The van der Waals surface area contributed by atoms with Gasteiger partial charge in [0.25, 0.3) is 5.92 Å². The number of rotatable bonds is 13. The van der Waals surface area contributed by atoms with Crippen LogP contribution in [0.2, 0.25) is 0 Å². The fourth-order valence-electron chi connectivity index (χ4n) is 8.81. The molecule has 3 unspecified atom stereocenters. The van der Waals surface area contributed by atoms with Gasteiger partial charge < -0.3 is 36.6 Å². The Morgan fingerprint density at radius 1 is 1.16 bits per heavy atom. The number of carbonyl (C=O) groups is 1. The van der Waals surface area contributed by atoms with E-state index in [9.17, 15) is 8.78 Å². The predicted octanol–water partition coefficient (Wildman–Crippen LogP) is 7.27. The second-order valence-corrected chi connectivity index (χ2v) is 16.3. The number of aliphatic hydroxyl groups is 1. The number of piperidine rings is 1. The highest BCUT2D eigenvalue weighted by Crippen LogP contribution is 2.41. The maximum atomic E-state index is 12.8. The van der Waals surface area contributed by atoms with Gasteiger partial charge in [-0.3, -0.25) is 20.4 Å². The molecule has 3 aliphatic carbocycles. The summed E-state index contributed by atoms with van der Waals surface area (Å²) >= 11 is 0. The fraction of sp³-hybridized carbons (Fsp3) is 0.551. The first-order valence-corrected chi connectivity index (χ1v) is 22.2. The van der Waals surface area contributed by atoms with E-state index in [1.807, 2.05) is 52.1 Å². The van der Waals surface area contributed by atoms with Gasteiger partial charge in [-0.05, 0) is 93.9 Å². The van der Waals surface area contributed by atoms with E-state index in [0.717, 1.165) is 67.1 Å². The fourth-order valence-corrected chi connectivity index (χ4v) is 8.81. The number of alkyl halides is 2. The lowest BCUT2D eigenvalue weighted by Crippen LogP contribution is -2.53. The SMILES string of the molecule is C=CCCC(C(=C)NC)N1C(=C)N(C)C2C1=CC=CC2N1CCC(N(C)CC2CCCCC2)CC1.CC.CC1=C[C@]2(N)N=CC2=C/C1=C/C=C\C=C(/N)C(C)(F)F.CO.NC=O. The third-order valence-electron chi connectivity index (χ3n) is 12.3. The molecule has 8 N–H and O–H groups in total. The molecule has 0 radical (unpaired) electrons. The zero-order chi connectivity index (χ0) is 46.6. The molecule has 0 aromatic carbocycles. The average Bonchev–Trinajstić information content (AvgIpc) is 3.52. The third kappa shape index (κ3) is 14.2. The molecule has 3 heterocycles. The molecule has 6 rings (SSSR count). The highest BCUT2D eigenvalue weighted by Gasteiger charge is 2.46. The van der Waals surface area contributed by atoms with Crippen molar-refractivity contribution in [3.63, 3.8) is 0 Å². The highest BCUT2D eigenvalue weighted by molar-refractivity contribution is 5.92. The number of amides is 1. The van der Waals surface area contributed by atoms with Crippen LogP contribution in [0.5, 0.6) is 0 Å². The van der Waals surface area contributed by atoms with Crippen LogP contribution in [0, 0.1) is 5.92 Å². The second-order valence-electron chi connectivity index (χ2n) is 16.3. The van der Waals surface area contributed by atoms with E-state index in [1.54, 1.807) is 12.3 Å². The number of nitrogens with zero attached hydrogens (tertiary/aromatic N) is 5. The summed E-state index contributed by atoms with van der Waals surface area (Å²) in [5.41, 5.74) is 19.6. The summed E-state index contributed by atoms with van der Waals surface area (Å²) in [4.78, 5) is 22.9. The standard InChI is InChI=1S/C30H49N5.C15H17F2N3.C2H6.CH3NO.CH4O/c1-7-8-15-27(23(2)31-4)35-24(3)33(6)30-28(16-12-17-29(30)35)34-20-18-26(19-21-34)32(5)22-25-13-10-9-11-14-25;1-10-8-15(19)12(9-20-15)7-11(10)5-3-4-6-13(18)14(2,16)17;1-2;2-1-3;1-2/h7,12,16-17,25-28,30-31H,1-3,8-11,13-15,18-22H2,4-6H3;3-9H,18-19H2,1-2H3;1-2H3;1H,(H2,2,3);2H,1H3/b;4-3-,11-5-,13-6-;;;/t;15-;;;/m.0.../s1. The third-order valence-corrected chi connectivity index (χ3v) is 12.3. The van der Waals surface area contributed by atoms with Crippen molar-refractivity contribution in [1.29, 1.82) is 0 Å². The van der Waals surface area contributed by atoms with Gasteiger partial charge in [0.2, 0.25) is 6.41 Å². The summed E-state index contributed by atoms with van der Waals surface area (Å²) in [5.74, 6) is -1.00. The number of carbonyl (C=O) groups excluding carboxylic acids is 1. The Kier molecular flexibility index (Phi) is 22.6. The monoisotopic (exact) mass is 864 g/mol. The number of nitrogens with two attached hydrogens (primary N) is 3. The average molecular weight is 864 g/mol. The molecule has 346 valence electrons. The molecule has 13 heteroatoms. The Bertz CT molecular complexity index is 1730. The maximum absolute atomic E-state index is 12.8. The Labute approximate surface area is 372 Å². The molecule has 11 nitrogen and oxygen atoms in total. The zero-order valence-electron chi connectivity index (χ0n) is 39.0. The topological polar surface area (TPSA) is 153 Å². The van der Waals surface area contributed by atoms with Crippen LogP contribution in [0.1, 0.15) is 85.5 Å². The number of fused-ring (bicyclic) bond motifs is 2. The largest absolute Gasteiger partial charge is 0.400 e. The lowest BCUT2D eigenvalue weighted by atomic mass is 9.84. The van der Waals surface area contributed by atoms with Crippen molar-refractivity contribution < 1.29 is 18.7 Å². The molecule has 3 aliphatic heterocycles. The summed E-state index contributed by atoms with van der Waals surface area (Å²) in [5, 5.41) is 10.3. The Balaban J connectivity index is 0.000000415. The van der Waals surface area contributed by atoms with Gasteiger partial charge >= 0.3 is 0 Å². The van der Waals surface area contributed by atoms with Crippen LogP contribution >= 0.6 is 0 Å². The molecular formula is C49H79F2N9O2. The van der Waals surface area contributed by atoms with Gasteiger partial charge in [0.15, 0.2) is 5.66 Å². The Morgan fingerprint density at radius 2 is 1.79 bits per heavy atom. The van der Waals surface area contributed by atoms with E-state index in [2.05, 4.69) is 87.7 Å². The van der Waals surface area contributed by atoms with Gasteiger partial charge in [0.05, 0.1) is 23.8 Å². The minimum absolute atomic E-state index is 0.176. The van der Waals surface area contributed by atoms with Crippen molar-refractivity contribution in [3.8, 4) is 0 Å². The van der Waals surface area contributed by atoms with Gasteiger partial charge in [0, 0.05) is 77.0 Å². The number of hydrogen-bond donors (Lipinski definition) is 5. The van der Waals surface area contributed by atoms with Crippen LogP contribution in [-0.2, 0) is 4.79 Å². The molecule has 62 heavy (non-hydrogen) atoms. The van der Waals surface area contributed by atoms with Crippen molar-refractivity contribution in [2.45, 2.75) is 121 Å². The molecule has 0 spiro atoms. The van der Waals surface area contributed by atoms with E-state index in [1.165, 1.54) is 82.4 Å². The van der Waals surface area contributed by atoms with Crippen LogP contribution in [-0.4, -0.2) is 121 Å². The van der Waals surface area contributed by atoms with Gasteiger partial charge in [-0.2, -0.15) is 0 Å². The number of halogens is 2. The molecule has 0 bridgehead atoms. The molecule has 1 saturated carbocycles. The van der Waals surface area contributed by atoms with Gasteiger partial charge in [-0.15, -0.1) is 6.58 Å². The van der Waals surface area contributed by atoms with Gasteiger partial charge in [-0.25, -0.2) is 8.78 Å². The van der Waals surface area contributed by atoms with Gasteiger partial charge in [-0.1, -0.05) is 82.7 Å². The van der Waals surface area contributed by atoms with Crippen LogP contribution < -0.4 is 22.5 Å². The van der Waals surface area contributed by atoms with E-state index in [0.29, 0.717) is 12.1 Å². The molecule has 6 aliphatic rings. The number of likely N-dealkylation sites (tertiary alicyclic amines) is 1. The highest BCUT2D eigenvalue weighted by atomic mass is 19.3. The molecular weight excluding hydrogens is 785 g/mol. The Morgan fingerprint density at radius 3 is 2.34 bits per heavy atom. The summed E-state index contributed by atoms with van der Waals surface area (Å²) in [7, 11) is 7.56. The van der Waals surface area contributed by atoms with Crippen molar-refractivity contribution in [3.05, 3.63) is 120 Å². The van der Waals surface area contributed by atoms with Crippen LogP contribution in [0.25, 0.3) is 0 Å². The summed E-state index contributed by atoms with van der Waals surface area (Å²) in [6.07, 6.45) is 32.6. The van der Waals surface area contributed by atoms with E-state index >= 15 is 0 Å². The quantitative estimate of drug-likeness (QED) is 0.0732. The minimum Gasteiger partial charge on any atom is -0.400 e. The zero-order valence-corrected chi connectivity index (χ0v) is 39.0. The predicted molar refractivity (Wildman–Crippen MR) is 256 cm³/mol. The van der Waals surface area contributed by atoms with E-state index in [4.69, 9.17) is 21.4 Å². The summed E-state index contributed by atoms with van der Waals surface area (Å²) in [6.45, 7) is 23.1. The molecule has 2 saturated heterocycles. The number of likely N-dealkylation sites (N-methyl/N-ethyl adjacent to an activating group) is 2. The Hall–Kier alpha value is -4.56. The summed E-state index contributed by atoms with van der Waals surface area (Å²) < 4.78 is 25.6. The van der Waals surface area contributed by atoms with E-state index < -0.39 is 17.3 Å². The minimum atomic E-state index is -3.00. The summed E-state index contributed by atoms with van der Waals surface area (Å²) in [6, 6.07) is 1.59. The number of primary amides is 1. The van der Waals surface area contributed by atoms with Crippen molar-refractivity contribution in [2.24, 2.45) is 28.1 Å². The first kappa shape index (κ1) is 53.6. The molecule has 1 amide bonds. The number of aliphatic imine (C=N–C) groups is 1. The van der Waals surface area contributed by atoms with Crippen molar-refractivity contribution in [1.82, 2.24) is 24.9 Å². The van der Waals surface area contributed by atoms with Crippen LogP contribution in [0.15, 0.2) is 125 Å². The number of aliphatic hydroxyl groups excluding tert-OH is 1. The molecule has 4 atom stereocenters. The lowest BCUT2D eigenvalue weighted by Gasteiger charge is -2.44. The van der Waals surface area contributed by atoms with Crippen molar-refractivity contribution >= 4 is 12.6 Å². The maximum Gasteiger partial charge on any atom is 0.284 e. The van der Waals surface area contributed by atoms with Crippen LogP contribution in [0.3, 0.4) is 0 Å². The smallest absolute Gasteiger partial charge is 0.284 e. The molecule has 0 aromatic rings. The van der Waals surface area contributed by atoms with E-state index in [-0.39, 0.29) is 12.5 Å². The first-order chi connectivity index (χ1) is 29.6. The molecule has 0 aromatic heterocycles. The van der Waals surface area contributed by atoms with Crippen molar-refractivity contribution in [2.75, 3.05) is 47.9 Å². The van der Waals surface area contributed by atoms with Crippen LogP contribution in [0.4, 0.5) is 8.78 Å². The number of hydrogen-bond acceptors (Lipinski definition) is 10. The van der Waals surface area contributed by atoms with Gasteiger partial charge in [0.1, 0.15) is 5.82 Å². The second kappa shape index (κ2) is 26.2. The normalized spacial score (nSPS) is 24.9. The first-order valence-electron chi connectivity index (χ1n) is 22.2.